The number of aryl methyl sites for hydroxylation is 1. The van der Waals surface area contributed by atoms with Crippen LogP contribution in [0, 0.1) is 0 Å². The second-order valence-corrected chi connectivity index (χ2v) is 5.72. The summed E-state index contributed by atoms with van der Waals surface area (Å²) in [6, 6.07) is 8.00. The Balaban J connectivity index is 1.77. The lowest BCUT2D eigenvalue weighted by atomic mass is 9.91. The molecule has 1 aromatic carbocycles. The second-order valence-electron chi connectivity index (χ2n) is 5.72. The van der Waals surface area contributed by atoms with Gasteiger partial charge < -0.3 is 10.4 Å². The molecule has 0 unspecified atom stereocenters. The third-order valence-corrected chi connectivity index (χ3v) is 3.84. The summed E-state index contributed by atoms with van der Waals surface area (Å²) in [4.78, 5) is 13.9. The Morgan fingerprint density at radius 3 is 2.50 bits per heavy atom. The van der Waals surface area contributed by atoms with E-state index in [1.165, 1.54) is 5.56 Å². The third kappa shape index (κ3) is 3.81. The number of hydrogen-bond acceptors (Lipinski definition) is 3. The molecule has 2 N–H and O–H groups in total. The molecule has 0 aliphatic carbocycles. The van der Waals surface area contributed by atoms with Crippen molar-refractivity contribution in [3.05, 3.63) is 29.8 Å². The van der Waals surface area contributed by atoms with Crippen LogP contribution in [0.1, 0.15) is 32.3 Å². The van der Waals surface area contributed by atoms with E-state index in [1.807, 2.05) is 24.0 Å². The molecule has 110 valence electrons. The first-order chi connectivity index (χ1) is 9.54. The van der Waals surface area contributed by atoms with Gasteiger partial charge in [0.25, 0.3) is 0 Å². The van der Waals surface area contributed by atoms with Crippen LogP contribution in [0.15, 0.2) is 24.3 Å². The number of carbonyl (C=O) groups is 1. The van der Waals surface area contributed by atoms with E-state index in [1.54, 1.807) is 0 Å². The number of rotatable bonds is 6. The zero-order valence-electron chi connectivity index (χ0n) is 12.4. The van der Waals surface area contributed by atoms with Crippen LogP contribution in [0.4, 0.5) is 5.69 Å². The van der Waals surface area contributed by atoms with Gasteiger partial charge in [-0.3, -0.25) is 9.69 Å². The Morgan fingerprint density at radius 2 is 1.95 bits per heavy atom. The largest absolute Gasteiger partial charge is 0.387 e. The van der Waals surface area contributed by atoms with Gasteiger partial charge in [-0.25, -0.2) is 0 Å². The minimum absolute atomic E-state index is 0.0219. The van der Waals surface area contributed by atoms with Crippen molar-refractivity contribution in [2.45, 2.75) is 38.7 Å². The molecule has 1 aliphatic rings. The van der Waals surface area contributed by atoms with E-state index in [4.69, 9.17) is 0 Å². The number of β-amino-alcohol motifs (C(OH)–C–C–N with tert-alkyl or cyclic N) is 1. The van der Waals surface area contributed by atoms with Gasteiger partial charge >= 0.3 is 0 Å². The summed E-state index contributed by atoms with van der Waals surface area (Å²) >= 11 is 0. The van der Waals surface area contributed by atoms with Gasteiger partial charge in [-0.1, -0.05) is 32.4 Å². The Labute approximate surface area is 120 Å². The number of likely N-dealkylation sites (tertiary alicyclic amines) is 1. The van der Waals surface area contributed by atoms with Gasteiger partial charge in [0.15, 0.2) is 0 Å². The zero-order valence-corrected chi connectivity index (χ0v) is 12.4. The molecule has 1 fully saturated rings. The molecular weight excluding hydrogens is 252 g/mol. The molecule has 0 bridgehead atoms. The fraction of sp³-hybridized carbons (Fsp3) is 0.562. The van der Waals surface area contributed by atoms with Gasteiger partial charge in [-0.05, 0) is 30.5 Å². The number of anilines is 1. The van der Waals surface area contributed by atoms with Crippen molar-refractivity contribution in [2.75, 3.05) is 25.0 Å². The van der Waals surface area contributed by atoms with Crippen molar-refractivity contribution >= 4 is 11.6 Å². The lowest BCUT2D eigenvalue weighted by Crippen LogP contribution is -2.62. The molecule has 1 heterocycles. The summed E-state index contributed by atoms with van der Waals surface area (Å²) in [6.07, 6.45) is 2.93. The SMILES string of the molecule is CCCc1ccc(NC(=O)CN2CC(O)(CC)C2)cc1. The predicted octanol–water partition coefficient (Wildman–Crippen LogP) is 2.03. The Morgan fingerprint density at radius 1 is 1.30 bits per heavy atom. The third-order valence-electron chi connectivity index (χ3n) is 3.84. The van der Waals surface area contributed by atoms with Crippen molar-refractivity contribution < 1.29 is 9.90 Å². The summed E-state index contributed by atoms with van der Waals surface area (Å²) < 4.78 is 0. The van der Waals surface area contributed by atoms with E-state index >= 15 is 0 Å². The van der Waals surface area contributed by atoms with Gasteiger partial charge in [0.2, 0.25) is 5.91 Å². The zero-order chi connectivity index (χ0) is 14.6. The topological polar surface area (TPSA) is 52.6 Å². The Hall–Kier alpha value is -1.39. The highest BCUT2D eigenvalue weighted by Gasteiger charge is 2.39. The number of hydrogen-bond donors (Lipinski definition) is 2. The summed E-state index contributed by atoms with van der Waals surface area (Å²) in [7, 11) is 0. The quantitative estimate of drug-likeness (QED) is 0.836. The highest BCUT2D eigenvalue weighted by atomic mass is 16.3. The smallest absolute Gasteiger partial charge is 0.238 e. The normalized spacial score (nSPS) is 17.6. The summed E-state index contributed by atoms with van der Waals surface area (Å²) in [5.41, 5.74) is 1.55. The van der Waals surface area contributed by atoms with Crippen LogP contribution < -0.4 is 5.32 Å². The van der Waals surface area contributed by atoms with Gasteiger partial charge in [0, 0.05) is 18.8 Å². The molecule has 4 heteroatoms. The van der Waals surface area contributed by atoms with E-state index in [0.717, 1.165) is 24.9 Å². The van der Waals surface area contributed by atoms with Crippen LogP contribution in [0.2, 0.25) is 0 Å². The number of carbonyl (C=O) groups excluding carboxylic acids is 1. The van der Waals surface area contributed by atoms with Gasteiger partial charge in [0.1, 0.15) is 0 Å². The van der Waals surface area contributed by atoms with Crippen LogP contribution >= 0.6 is 0 Å². The van der Waals surface area contributed by atoms with E-state index in [0.29, 0.717) is 19.6 Å². The van der Waals surface area contributed by atoms with Gasteiger partial charge in [0.05, 0.1) is 12.1 Å². The number of aliphatic hydroxyl groups is 1. The molecule has 20 heavy (non-hydrogen) atoms. The van der Waals surface area contributed by atoms with E-state index < -0.39 is 5.60 Å². The van der Waals surface area contributed by atoms with Crippen LogP contribution in [0.3, 0.4) is 0 Å². The maximum atomic E-state index is 11.9. The van der Waals surface area contributed by atoms with Crippen molar-refractivity contribution in [3.63, 3.8) is 0 Å². The molecular formula is C16H24N2O2. The lowest BCUT2D eigenvalue weighted by molar-refractivity contribution is -0.128. The molecule has 0 atom stereocenters. The second kappa shape index (κ2) is 6.37. The summed E-state index contributed by atoms with van der Waals surface area (Å²) in [5.74, 6) is -0.0219. The molecule has 0 saturated carbocycles. The first-order valence-corrected chi connectivity index (χ1v) is 7.38. The van der Waals surface area contributed by atoms with E-state index in [9.17, 15) is 9.90 Å². The predicted molar refractivity (Wildman–Crippen MR) is 80.7 cm³/mol. The summed E-state index contributed by atoms with van der Waals surface area (Å²) in [5, 5.41) is 12.8. The van der Waals surface area contributed by atoms with Crippen molar-refractivity contribution in [1.82, 2.24) is 4.90 Å². The molecule has 1 aromatic rings. The number of amides is 1. The minimum atomic E-state index is -0.581. The summed E-state index contributed by atoms with van der Waals surface area (Å²) in [6.45, 7) is 5.65. The first kappa shape index (κ1) is 15.0. The molecule has 2 rings (SSSR count). The van der Waals surface area contributed by atoms with Crippen molar-refractivity contribution in [3.8, 4) is 0 Å². The standard InChI is InChI=1S/C16H24N2O2/c1-3-5-13-6-8-14(9-7-13)17-15(19)10-18-11-16(20,4-2)12-18/h6-9,20H,3-5,10-12H2,1-2H3,(H,17,19). The number of nitrogens with one attached hydrogen (secondary N) is 1. The minimum Gasteiger partial charge on any atom is -0.387 e. The maximum Gasteiger partial charge on any atom is 0.238 e. The van der Waals surface area contributed by atoms with Crippen molar-refractivity contribution in [1.29, 1.82) is 0 Å². The molecule has 4 nitrogen and oxygen atoms in total. The monoisotopic (exact) mass is 276 g/mol. The van der Waals surface area contributed by atoms with E-state index in [-0.39, 0.29) is 5.91 Å². The van der Waals surface area contributed by atoms with E-state index in [2.05, 4.69) is 24.4 Å². The molecule has 0 radical (unpaired) electrons. The van der Waals surface area contributed by atoms with Crippen molar-refractivity contribution in [2.24, 2.45) is 0 Å². The highest BCUT2D eigenvalue weighted by Crippen LogP contribution is 2.23. The molecule has 0 spiro atoms. The van der Waals surface area contributed by atoms with Crippen LogP contribution in [0.5, 0.6) is 0 Å². The molecule has 1 aliphatic heterocycles. The van der Waals surface area contributed by atoms with Gasteiger partial charge in [-0.2, -0.15) is 0 Å². The molecule has 1 amide bonds. The average Bonchev–Trinajstić information content (AvgIpc) is 2.39. The molecule has 0 aromatic heterocycles. The number of nitrogens with zero attached hydrogens (tertiary/aromatic N) is 1. The van der Waals surface area contributed by atoms with Crippen LogP contribution in [0.25, 0.3) is 0 Å². The molecule has 1 saturated heterocycles. The fourth-order valence-corrected chi connectivity index (χ4v) is 2.57. The fourth-order valence-electron chi connectivity index (χ4n) is 2.57. The first-order valence-electron chi connectivity index (χ1n) is 7.38. The Bertz CT molecular complexity index is 450. The highest BCUT2D eigenvalue weighted by molar-refractivity contribution is 5.92. The van der Waals surface area contributed by atoms with Crippen LogP contribution in [-0.4, -0.2) is 41.1 Å². The lowest BCUT2D eigenvalue weighted by Gasteiger charge is -2.45. The van der Waals surface area contributed by atoms with Gasteiger partial charge in [-0.15, -0.1) is 0 Å². The average molecular weight is 276 g/mol. The maximum absolute atomic E-state index is 11.9. The van der Waals surface area contributed by atoms with Crippen LogP contribution in [-0.2, 0) is 11.2 Å². The number of benzene rings is 1. The Kier molecular flexibility index (Phi) is 4.78.